The lowest BCUT2D eigenvalue weighted by molar-refractivity contribution is 0.0741. The van der Waals surface area contributed by atoms with Crippen LogP contribution in [-0.2, 0) is 14.0 Å². The predicted octanol–water partition coefficient (Wildman–Crippen LogP) is 1.46. The van der Waals surface area contributed by atoms with Crippen LogP contribution >= 0.6 is 0 Å². The number of rotatable bonds is 2. The van der Waals surface area contributed by atoms with Crippen molar-refractivity contribution in [2.75, 3.05) is 26.3 Å². The Morgan fingerprint density at radius 3 is 2.87 bits per heavy atom. The lowest BCUT2D eigenvalue weighted by Gasteiger charge is -2.21. The molecule has 1 aromatic carbocycles. The lowest BCUT2D eigenvalue weighted by Crippen LogP contribution is -2.37. The summed E-state index contributed by atoms with van der Waals surface area (Å²) < 4.78 is 17.3. The maximum absolute atomic E-state index is 12.7. The molecule has 2 saturated heterocycles. The topological polar surface area (TPSA) is 48.0 Å². The normalized spacial score (nSPS) is 24.6. The molecule has 0 aliphatic carbocycles. The van der Waals surface area contributed by atoms with E-state index in [1.807, 2.05) is 49.9 Å². The number of hydrogen-bond donors (Lipinski definition) is 0. The van der Waals surface area contributed by atoms with Crippen molar-refractivity contribution >= 4 is 18.5 Å². The van der Waals surface area contributed by atoms with E-state index in [1.54, 1.807) is 0 Å². The first kappa shape index (κ1) is 16.5. The van der Waals surface area contributed by atoms with Gasteiger partial charge in [0.25, 0.3) is 5.91 Å². The maximum Gasteiger partial charge on any atom is 0.494 e. The van der Waals surface area contributed by atoms with Crippen molar-refractivity contribution in [1.82, 2.24) is 4.90 Å². The predicted molar refractivity (Wildman–Crippen MR) is 88.9 cm³/mol. The van der Waals surface area contributed by atoms with Crippen molar-refractivity contribution in [3.8, 4) is 0 Å². The third-order valence-electron chi connectivity index (χ3n) is 4.63. The molecule has 1 atom stereocenters. The van der Waals surface area contributed by atoms with E-state index < -0.39 is 7.12 Å². The van der Waals surface area contributed by atoms with Crippen molar-refractivity contribution in [3.05, 3.63) is 29.8 Å². The van der Waals surface area contributed by atoms with Crippen LogP contribution in [0.25, 0.3) is 0 Å². The molecule has 5 nitrogen and oxygen atoms in total. The van der Waals surface area contributed by atoms with Gasteiger partial charge in [0.15, 0.2) is 0 Å². The van der Waals surface area contributed by atoms with Gasteiger partial charge in [-0.2, -0.15) is 0 Å². The molecule has 1 unspecified atom stereocenters. The number of ether oxygens (including phenoxy) is 1. The molecule has 23 heavy (non-hydrogen) atoms. The van der Waals surface area contributed by atoms with Gasteiger partial charge in [-0.3, -0.25) is 4.79 Å². The smallest absolute Gasteiger partial charge is 0.402 e. The minimum absolute atomic E-state index is 0.00890. The summed E-state index contributed by atoms with van der Waals surface area (Å²) >= 11 is 0. The second kappa shape index (κ2) is 6.63. The fourth-order valence-electron chi connectivity index (χ4n) is 2.85. The summed E-state index contributed by atoms with van der Waals surface area (Å²) in [6.45, 7) is 8.75. The molecule has 0 aromatic heterocycles. The summed E-state index contributed by atoms with van der Waals surface area (Å²) in [4.78, 5) is 14.6. The molecule has 6 heteroatoms. The SMILES string of the molecule is CC1OB(c2cccc(C(=O)N3CCCOCC3)c2)OC1(C)C. The van der Waals surface area contributed by atoms with Crippen LogP contribution in [0.1, 0.15) is 37.6 Å². The Labute approximate surface area is 138 Å². The van der Waals surface area contributed by atoms with Gasteiger partial charge in [-0.1, -0.05) is 12.1 Å². The van der Waals surface area contributed by atoms with Gasteiger partial charge in [-0.05, 0) is 44.8 Å². The zero-order chi connectivity index (χ0) is 16.4. The molecular formula is C17H24BNO4. The van der Waals surface area contributed by atoms with Crippen LogP contribution in [0.15, 0.2) is 24.3 Å². The van der Waals surface area contributed by atoms with E-state index in [9.17, 15) is 4.79 Å². The quantitative estimate of drug-likeness (QED) is 0.775. The number of hydrogen-bond acceptors (Lipinski definition) is 4. The van der Waals surface area contributed by atoms with E-state index in [0.29, 0.717) is 18.7 Å². The Hall–Kier alpha value is -1.37. The summed E-state index contributed by atoms with van der Waals surface area (Å²) in [5.74, 6) is 0.0441. The molecule has 0 saturated carbocycles. The Balaban J connectivity index is 1.76. The standard InChI is InChI=1S/C17H24BNO4/c1-13-17(2,3)23-18(22-13)15-7-4-6-14(12-15)16(20)19-8-5-10-21-11-9-19/h4,6-7,12-13H,5,8-11H2,1-3H3. The fraction of sp³-hybridized carbons (Fsp3) is 0.588. The number of nitrogens with zero attached hydrogens (tertiary/aromatic N) is 1. The first-order valence-corrected chi connectivity index (χ1v) is 8.27. The highest BCUT2D eigenvalue weighted by molar-refractivity contribution is 6.62. The number of carbonyl (C=O) groups excluding carboxylic acids is 1. The summed E-state index contributed by atoms with van der Waals surface area (Å²) in [5, 5.41) is 0. The van der Waals surface area contributed by atoms with Crippen LogP contribution in [0.4, 0.5) is 0 Å². The van der Waals surface area contributed by atoms with Gasteiger partial charge in [0, 0.05) is 25.3 Å². The minimum Gasteiger partial charge on any atom is -0.402 e. The van der Waals surface area contributed by atoms with Crippen LogP contribution in [-0.4, -0.2) is 55.9 Å². The maximum atomic E-state index is 12.7. The fourth-order valence-corrected chi connectivity index (χ4v) is 2.85. The number of carbonyl (C=O) groups is 1. The van der Waals surface area contributed by atoms with Crippen LogP contribution in [0.5, 0.6) is 0 Å². The summed E-state index contributed by atoms with van der Waals surface area (Å²) in [7, 11) is -0.416. The van der Waals surface area contributed by atoms with Crippen LogP contribution < -0.4 is 5.46 Å². The van der Waals surface area contributed by atoms with Crippen molar-refractivity contribution in [2.45, 2.75) is 38.9 Å². The minimum atomic E-state index is -0.416. The first-order chi connectivity index (χ1) is 11.0. The third kappa shape index (κ3) is 3.60. The number of benzene rings is 1. The monoisotopic (exact) mass is 317 g/mol. The Kier molecular flexibility index (Phi) is 4.76. The van der Waals surface area contributed by atoms with E-state index >= 15 is 0 Å². The molecule has 0 N–H and O–H groups in total. The van der Waals surface area contributed by atoms with Crippen LogP contribution in [0, 0.1) is 0 Å². The van der Waals surface area contributed by atoms with E-state index in [2.05, 4.69) is 0 Å². The van der Waals surface area contributed by atoms with E-state index in [-0.39, 0.29) is 17.6 Å². The zero-order valence-electron chi connectivity index (χ0n) is 14.1. The Morgan fingerprint density at radius 2 is 2.13 bits per heavy atom. The highest BCUT2D eigenvalue weighted by Gasteiger charge is 2.43. The molecule has 0 bridgehead atoms. The molecule has 1 amide bonds. The average Bonchev–Trinajstić information content (AvgIpc) is 2.74. The molecule has 2 aliphatic rings. The van der Waals surface area contributed by atoms with Crippen molar-refractivity contribution in [1.29, 1.82) is 0 Å². The summed E-state index contributed by atoms with van der Waals surface area (Å²) in [6, 6.07) is 7.56. The average molecular weight is 317 g/mol. The highest BCUT2D eigenvalue weighted by atomic mass is 16.7. The molecule has 0 spiro atoms. The largest absolute Gasteiger partial charge is 0.494 e. The molecule has 3 rings (SSSR count). The summed E-state index contributed by atoms with van der Waals surface area (Å²) in [5.41, 5.74) is 1.24. The Morgan fingerprint density at radius 1 is 1.30 bits per heavy atom. The van der Waals surface area contributed by atoms with Crippen LogP contribution in [0.2, 0.25) is 0 Å². The van der Waals surface area contributed by atoms with Crippen LogP contribution in [0.3, 0.4) is 0 Å². The zero-order valence-corrected chi connectivity index (χ0v) is 14.1. The molecule has 124 valence electrons. The first-order valence-electron chi connectivity index (χ1n) is 8.27. The van der Waals surface area contributed by atoms with Gasteiger partial charge in [0.05, 0.1) is 18.3 Å². The lowest BCUT2D eigenvalue weighted by atomic mass is 9.78. The van der Waals surface area contributed by atoms with Gasteiger partial charge in [-0.25, -0.2) is 0 Å². The van der Waals surface area contributed by atoms with Crippen molar-refractivity contribution < 1.29 is 18.8 Å². The van der Waals surface area contributed by atoms with E-state index in [0.717, 1.165) is 25.0 Å². The van der Waals surface area contributed by atoms with Gasteiger partial charge in [-0.15, -0.1) is 0 Å². The van der Waals surface area contributed by atoms with Gasteiger partial charge in [0.2, 0.25) is 0 Å². The van der Waals surface area contributed by atoms with E-state index in [4.69, 9.17) is 14.0 Å². The highest BCUT2D eigenvalue weighted by Crippen LogP contribution is 2.26. The third-order valence-corrected chi connectivity index (χ3v) is 4.63. The van der Waals surface area contributed by atoms with Gasteiger partial charge < -0.3 is 18.9 Å². The Bertz CT molecular complexity index is 569. The van der Waals surface area contributed by atoms with Crippen molar-refractivity contribution in [2.24, 2.45) is 0 Å². The molecule has 2 fully saturated rings. The van der Waals surface area contributed by atoms with Crippen molar-refractivity contribution in [3.63, 3.8) is 0 Å². The second-order valence-electron chi connectivity index (χ2n) is 6.72. The molecule has 2 heterocycles. The molecular weight excluding hydrogens is 293 g/mol. The number of amides is 1. The van der Waals surface area contributed by atoms with E-state index in [1.165, 1.54) is 0 Å². The van der Waals surface area contributed by atoms with Gasteiger partial charge >= 0.3 is 7.12 Å². The second-order valence-corrected chi connectivity index (χ2v) is 6.72. The summed E-state index contributed by atoms with van der Waals surface area (Å²) in [6.07, 6.45) is 0.890. The molecule has 1 aromatic rings. The molecule has 2 aliphatic heterocycles. The van der Waals surface area contributed by atoms with Gasteiger partial charge in [0.1, 0.15) is 0 Å². The molecule has 0 radical (unpaired) electrons.